The quantitative estimate of drug-likeness (QED) is 0.391. The van der Waals surface area contributed by atoms with Crippen LogP contribution in [0.25, 0.3) is 0 Å². The van der Waals surface area contributed by atoms with E-state index in [2.05, 4.69) is 22.3 Å². The molecule has 8 nitrogen and oxygen atoms in total. The first kappa shape index (κ1) is 28.5. The maximum atomic E-state index is 13.3. The van der Waals surface area contributed by atoms with Crippen molar-refractivity contribution in [1.82, 2.24) is 15.5 Å². The second-order valence-corrected chi connectivity index (χ2v) is 10.3. The molecule has 2 aliphatic heterocycles. The van der Waals surface area contributed by atoms with Gasteiger partial charge in [0.05, 0.1) is 19.8 Å². The number of nitrogens with one attached hydrogen (secondary N) is 2. The van der Waals surface area contributed by atoms with Crippen LogP contribution in [0.2, 0.25) is 5.02 Å². The lowest BCUT2D eigenvalue weighted by Crippen LogP contribution is -2.50. The minimum atomic E-state index is -0.485. The van der Waals surface area contributed by atoms with Crippen molar-refractivity contribution >= 4 is 23.7 Å². The Bertz CT molecular complexity index is 820. The lowest BCUT2D eigenvalue weighted by Gasteiger charge is -2.38. The Morgan fingerprint density at radius 1 is 1.25 bits per heavy atom. The highest BCUT2D eigenvalue weighted by atomic mass is 35.5. The second-order valence-electron chi connectivity index (χ2n) is 9.84. The number of halogens is 1. The van der Waals surface area contributed by atoms with Crippen LogP contribution in [0.15, 0.2) is 24.3 Å². The normalized spacial score (nSPS) is 20.4. The number of urea groups is 1. The van der Waals surface area contributed by atoms with Gasteiger partial charge in [-0.25, -0.2) is 9.59 Å². The van der Waals surface area contributed by atoms with Gasteiger partial charge in [-0.1, -0.05) is 37.1 Å². The predicted molar refractivity (Wildman–Crippen MR) is 140 cm³/mol. The average molecular weight is 524 g/mol. The number of amides is 3. The van der Waals surface area contributed by atoms with Gasteiger partial charge in [0, 0.05) is 49.8 Å². The van der Waals surface area contributed by atoms with Crippen LogP contribution in [-0.2, 0) is 14.2 Å². The first-order chi connectivity index (χ1) is 17.5. The Labute approximate surface area is 220 Å². The molecule has 202 valence electrons. The molecule has 1 aromatic carbocycles. The van der Waals surface area contributed by atoms with E-state index in [1.165, 1.54) is 7.11 Å². The molecule has 3 rings (SSSR count). The number of carbonyl (C=O) groups excluding carboxylic acids is 2. The van der Waals surface area contributed by atoms with Crippen LogP contribution < -0.4 is 10.6 Å². The molecule has 2 saturated heterocycles. The number of piperidine rings is 1. The predicted octanol–water partition coefficient (Wildman–Crippen LogP) is 5.16. The summed E-state index contributed by atoms with van der Waals surface area (Å²) in [6, 6.07) is 7.89. The third kappa shape index (κ3) is 9.12. The number of likely N-dealkylation sites (tertiary alicyclic amines) is 1. The topological polar surface area (TPSA) is 89.1 Å². The second kappa shape index (κ2) is 15.3. The molecule has 3 atom stereocenters. The van der Waals surface area contributed by atoms with Gasteiger partial charge < -0.3 is 29.7 Å². The van der Waals surface area contributed by atoms with E-state index in [1.807, 2.05) is 29.2 Å². The summed E-state index contributed by atoms with van der Waals surface area (Å²) in [7, 11) is 1.33. The van der Waals surface area contributed by atoms with Gasteiger partial charge in [0.2, 0.25) is 0 Å². The van der Waals surface area contributed by atoms with Crippen molar-refractivity contribution in [3.63, 3.8) is 0 Å². The zero-order valence-electron chi connectivity index (χ0n) is 21.7. The molecule has 0 unspecified atom stereocenters. The third-order valence-electron chi connectivity index (χ3n) is 7.13. The minimum Gasteiger partial charge on any atom is -0.453 e. The number of methoxy groups -OCH3 is 1. The number of carbonyl (C=O) groups is 2. The molecule has 9 heteroatoms. The molecular weight excluding hydrogens is 482 g/mol. The summed E-state index contributed by atoms with van der Waals surface area (Å²) in [5, 5.41) is 6.64. The highest BCUT2D eigenvalue weighted by Crippen LogP contribution is 2.34. The molecule has 36 heavy (non-hydrogen) atoms. The van der Waals surface area contributed by atoms with Crippen molar-refractivity contribution in [2.45, 2.75) is 64.0 Å². The average Bonchev–Trinajstić information content (AvgIpc) is 2.89. The number of benzene rings is 1. The fourth-order valence-corrected chi connectivity index (χ4v) is 5.49. The van der Waals surface area contributed by atoms with Crippen molar-refractivity contribution in [2.75, 3.05) is 46.6 Å². The molecule has 1 aromatic rings. The van der Waals surface area contributed by atoms with Crippen molar-refractivity contribution in [1.29, 1.82) is 0 Å². The number of ether oxygens (including phenoxy) is 3. The van der Waals surface area contributed by atoms with Gasteiger partial charge in [0.25, 0.3) is 0 Å². The van der Waals surface area contributed by atoms with Crippen molar-refractivity contribution in [2.24, 2.45) is 11.8 Å². The number of hydrogen-bond donors (Lipinski definition) is 2. The molecule has 2 fully saturated rings. The molecule has 0 radical (unpaired) electrons. The fraction of sp³-hybridized carbons (Fsp3) is 0.704. The van der Waals surface area contributed by atoms with Crippen molar-refractivity contribution in [3.05, 3.63) is 34.9 Å². The molecule has 0 spiro atoms. The standard InChI is InChI=1S/C27H42ClN3O5/c1-3-6-24(17-20-10-14-35-15-11-20)30-26(32)31-13-5-8-22(19-31)25(21-7-4-9-23(28)18-21)36-16-12-29-27(33)34-2/h4,7,9,18,20,22,24-25H,3,5-6,8,10-17,19H2,1-2H3,(H,29,33)(H,30,32)/t22-,24-,25+/m1/s1. The largest absolute Gasteiger partial charge is 0.453 e. The molecule has 0 saturated carbocycles. The maximum absolute atomic E-state index is 13.3. The van der Waals surface area contributed by atoms with Crippen LogP contribution in [0.1, 0.15) is 63.5 Å². The van der Waals surface area contributed by atoms with Gasteiger partial charge >= 0.3 is 12.1 Å². The minimum absolute atomic E-state index is 0.0161. The molecular formula is C27H42ClN3O5. The Balaban J connectivity index is 1.62. The smallest absolute Gasteiger partial charge is 0.406 e. The van der Waals surface area contributed by atoms with E-state index in [9.17, 15) is 9.59 Å². The monoisotopic (exact) mass is 523 g/mol. The van der Waals surface area contributed by atoms with Gasteiger partial charge in [0.1, 0.15) is 0 Å². The van der Waals surface area contributed by atoms with E-state index in [1.54, 1.807) is 0 Å². The molecule has 0 aliphatic carbocycles. The van der Waals surface area contributed by atoms with E-state index >= 15 is 0 Å². The van der Waals surface area contributed by atoms with Crippen LogP contribution in [0.5, 0.6) is 0 Å². The maximum Gasteiger partial charge on any atom is 0.406 e. The van der Waals surface area contributed by atoms with Crippen LogP contribution in [0, 0.1) is 11.8 Å². The first-order valence-electron chi connectivity index (χ1n) is 13.3. The summed E-state index contributed by atoms with van der Waals surface area (Å²) in [5.41, 5.74) is 0.983. The summed E-state index contributed by atoms with van der Waals surface area (Å²) < 4.78 is 16.4. The van der Waals surface area contributed by atoms with E-state index in [-0.39, 0.29) is 24.1 Å². The fourth-order valence-electron chi connectivity index (χ4n) is 5.29. The van der Waals surface area contributed by atoms with Crippen LogP contribution in [0.4, 0.5) is 9.59 Å². The molecule has 2 heterocycles. The van der Waals surface area contributed by atoms with E-state index in [0.29, 0.717) is 30.6 Å². The highest BCUT2D eigenvalue weighted by Gasteiger charge is 2.32. The Kier molecular flexibility index (Phi) is 12.1. The van der Waals surface area contributed by atoms with Gasteiger partial charge in [-0.15, -0.1) is 0 Å². The Morgan fingerprint density at radius 3 is 2.78 bits per heavy atom. The number of hydrogen-bond acceptors (Lipinski definition) is 5. The number of nitrogens with zero attached hydrogens (tertiary/aromatic N) is 1. The van der Waals surface area contributed by atoms with Crippen molar-refractivity contribution < 1.29 is 23.8 Å². The lowest BCUT2D eigenvalue weighted by atomic mass is 9.88. The van der Waals surface area contributed by atoms with Gasteiger partial charge in [-0.05, 0) is 62.1 Å². The molecule has 0 bridgehead atoms. The van der Waals surface area contributed by atoms with E-state index in [4.69, 9.17) is 21.1 Å². The molecule has 0 aromatic heterocycles. The lowest BCUT2D eigenvalue weighted by molar-refractivity contribution is -0.00871. The molecule has 2 aliphatic rings. The van der Waals surface area contributed by atoms with Gasteiger partial charge in [-0.3, -0.25) is 0 Å². The summed E-state index contributed by atoms with van der Waals surface area (Å²) in [6.45, 7) is 5.84. The van der Waals surface area contributed by atoms with Crippen LogP contribution >= 0.6 is 11.6 Å². The zero-order valence-corrected chi connectivity index (χ0v) is 22.4. The zero-order chi connectivity index (χ0) is 25.8. The molecule has 2 N–H and O–H groups in total. The summed E-state index contributed by atoms with van der Waals surface area (Å²) in [4.78, 5) is 26.6. The van der Waals surface area contributed by atoms with E-state index < -0.39 is 6.09 Å². The van der Waals surface area contributed by atoms with Gasteiger partial charge in [-0.2, -0.15) is 0 Å². The SMILES string of the molecule is CCC[C@H](CC1CCOCC1)NC(=O)N1CCC[C@@H]([C@@H](OCCNC(=O)OC)c2cccc(Cl)c2)C1. The Morgan fingerprint density at radius 2 is 2.06 bits per heavy atom. The summed E-state index contributed by atoms with van der Waals surface area (Å²) >= 11 is 6.28. The van der Waals surface area contributed by atoms with Crippen molar-refractivity contribution in [3.8, 4) is 0 Å². The van der Waals surface area contributed by atoms with E-state index in [0.717, 1.165) is 70.3 Å². The number of alkyl carbamates (subject to hydrolysis) is 1. The third-order valence-corrected chi connectivity index (χ3v) is 7.36. The molecule has 3 amide bonds. The summed E-state index contributed by atoms with van der Waals surface area (Å²) in [6.07, 6.45) is 6.35. The Hall–Kier alpha value is -2.03. The van der Waals surface area contributed by atoms with Gasteiger partial charge in [0.15, 0.2) is 0 Å². The van der Waals surface area contributed by atoms with Crippen LogP contribution in [-0.4, -0.2) is 69.6 Å². The summed E-state index contributed by atoms with van der Waals surface area (Å²) in [5.74, 6) is 0.741. The van der Waals surface area contributed by atoms with Crippen LogP contribution in [0.3, 0.4) is 0 Å². The number of rotatable bonds is 11. The highest BCUT2D eigenvalue weighted by molar-refractivity contribution is 6.30. The first-order valence-corrected chi connectivity index (χ1v) is 13.7.